The Kier molecular flexibility index (Phi) is 6.39. The minimum Gasteiger partial charge on any atom is -0.488 e. The molecule has 0 saturated carbocycles. The second-order valence-corrected chi connectivity index (χ2v) is 8.90. The van der Waals surface area contributed by atoms with Crippen molar-refractivity contribution in [2.45, 2.75) is 24.4 Å². The van der Waals surface area contributed by atoms with Crippen LogP contribution in [0.2, 0.25) is 0 Å². The number of imide groups is 1. The molecule has 9 nitrogen and oxygen atoms in total. The highest BCUT2D eigenvalue weighted by Crippen LogP contribution is 2.20. The number of aromatic nitrogens is 1. The quantitative estimate of drug-likeness (QED) is 0.561. The number of hydrogen-bond acceptors (Lipinski definition) is 7. The zero-order chi connectivity index (χ0) is 21.0. The summed E-state index contributed by atoms with van der Waals surface area (Å²) in [6.45, 7) is -0.794. The molecule has 1 aliphatic heterocycles. The molecule has 1 aromatic carbocycles. The van der Waals surface area contributed by atoms with E-state index in [9.17, 15) is 26.8 Å². The molecule has 1 aliphatic rings. The van der Waals surface area contributed by atoms with Crippen LogP contribution in [0.4, 0.5) is 13.6 Å². The van der Waals surface area contributed by atoms with Gasteiger partial charge in [-0.05, 0) is 12.1 Å². The van der Waals surface area contributed by atoms with Crippen LogP contribution in [0, 0.1) is 0 Å². The number of alkyl halides is 2. The van der Waals surface area contributed by atoms with Crippen LogP contribution in [0.25, 0.3) is 0 Å². The first-order valence-corrected chi connectivity index (χ1v) is 10.6. The van der Waals surface area contributed by atoms with E-state index >= 15 is 0 Å². The molecule has 0 unspecified atom stereocenters. The second kappa shape index (κ2) is 8.80. The predicted molar refractivity (Wildman–Crippen MR) is 98.0 cm³/mol. The van der Waals surface area contributed by atoms with Gasteiger partial charge in [-0.3, -0.25) is 10.1 Å². The third-order valence-electron chi connectivity index (χ3n) is 3.72. The summed E-state index contributed by atoms with van der Waals surface area (Å²) >= 11 is 1.19. The number of rotatable bonds is 9. The van der Waals surface area contributed by atoms with Crippen LogP contribution < -0.4 is 14.8 Å². The van der Waals surface area contributed by atoms with Gasteiger partial charge < -0.3 is 9.64 Å². The molecule has 1 fully saturated rings. The molecule has 0 spiro atoms. The predicted octanol–water partition coefficient (Wildman–Crippen LogP) is 1.32. The number of benzene rings is 1. The molecule has 29 heavy (non-hydrogen) atoms. The van der Waals surface area contributed by atoms with Gasteiger partial charge in [0, 0.05) is 23.7 Å². The molecule has 0 atom stereocenters. The summed E-state index contributed by atoms with van der Waals surface area (Å²) in [6, 6.07) is 4.75. The van der Waals surface area contributed by atoms with Gasteiger partial charge >= 0.3 is 6.03 Å². The molecule has 2 N–H and O–H groups in total. The van der Waals surface area contributed by atoms with E-state index in [1.807, 2.05) is 0 Å². The fraction of sp³-hybridized carbons (Fsp3) is 0.312. The summed E-state index contributed by atoms with van der Waals surface area (Å²) in [5.74, 6) is -0.369. The first-order chi connectivity index (χ1) is 13.7. The van der Waals surface area contributed by atoms with Crippen LogP contribution in [-0.2, 0) is 27.9 Å². The van der Waals surface area contributed by atoms with Gasteiger partial charge in [0.2, 0.25) is 15.9 Å². The number of thiazole rings is 1. The first-order valence-electron chi connectivity index (χ1n) is 8.26. The Morgan fingerprint density at radius 2 is 2.14 bits per heavy atom. The molecule has 156 valence electrons. The van der Waals surface area contributed by atoms with Crippen LogP contribution in [-0.4, -0.2) is 49.8 Å². The van der Waals surface area contributed by atoms with E-state index in [0.29, 0.717) is 9.88 Å². The van der Waals surface area contributed by atoms with E-state index in [1.54, 1.807) is 0 Å². The highest BCUT2D eigenvalue weighted by Gasteiger charge is 2.27. The van der Waals surface area contributed by atoms with Gasteiger partial charge in [-0.15, -0.1) is 11.3 Å². The number of halogens is 2. The Balaban J connectivity index is 1.59. The lowest BCUT2D eigenvalue weighted by atomic mass is 10.3. The zero-order valence-corrected chi connectivity index (χ0v) is 16.4. The Morgan fingerprint density at radius 1 is 1.34 bits per heavy atom. The Bertz CT molecular complexity index is 1010. The number of carbonyl (C=O) groups is 2. The molecule has 3 amide bonds. The lowest BCUT2D eigenvalue weighted by molar-refractivity contribution is -0.118. The number of urea groups is 1. The van der Waals surface area contributed by atoms with E-state index < -0.39 is 29.1 Å². The van der Waals surface area contributed by atoms with Crippen molar-refractivity contribution in [3.05, 3.63) is 40.3 Å². The number of nitrogens with one attached hydrogen (secondary N) is 2. The van der Waals surface area contributed by atoms with Gasteiger partial charge in [0.25, 0.3) is 6.43 Å². The SMILES string of the molecule is O=C1CN(Cc2ncc(CNS(=O)(=O)c3cccc(OCC(F)F)c3)s2)C(=O)N1. The topological polar surface area (TPSA) is 118 Å². The van der Waals surface area contributed by atoms with Crippen molar-refractivity contribution in [1.82, 2.24) is 19.9 Å². The highest BCUT2D eigenvalue weighted by atomic mass is 32.2. The molecular formula is C16H16F2N4O5S2. The molecule has 1 aromatic heterocycles. The van der Waals surface area contributed by atoms with E-state index in [-0.39, 0.29) is 36.2 Å². The summed E-state index contributed by atoms with van der Waals surface area (Å²) < 4.78 is 56.6. The van der Waals surface area contributed by atoms with Crippen LogP contribution in [0.3, 0.4) is 0 Å². The maximum Gasteiger partial charge on any atom is 0.324 e. The maximum atomic E-state index is 12.4. The largest absolute Gasteiger partial charge is 0.488 e. The number of sulfonamides is 1. The van der Waals surface area contributed by atoms with Crippen molar-refractivity contribution in [1.29, 1.82) is 0 Å². The Hall–Kier alpha value is -2.64. The molecule has 0 aliphatic carbocycles. The van der Waals surface area contributed by atoms with Gasteiger partial charge in [-0.1, -0.05) is 6.07 Å². The van der Waals surface area contributed by atoms with E-state index in [2.05, 4.69) is 15.0 Å². The smallest absolute Gasteiger partial charge is 0.324 e. The van der Waals surface area contributed by atoms with Crippen LogP contribution >= 0.6 is 11.3 Å². The average Bonchev–Trinajstić information content (AvgIpc) is 3.24. The monoisotopic (exact) mass is 446 g/mol. The van der Waals surface area contributed by atoms with Crippen molar-refractivity contribution in [3.8, 4) is 5.75 Å². The van der Waals surface area contributed by atoms with Crippen molar-refractivity contribution in [2.75, 3.05) is 13.2 Å². The summed E-state index contributed by atoms with van der Waals surface area (Å²) in [5.41, 5.74) is 0. The molecule has 0 bridgehead atoms. The van der Waals surface area contributed by atoms with E-state index in [4.69, 9.17) is 4.74 Å². The van der Waals surface area contributed by atoms with Gasteiger partial charge in [0.15, 0.2) is 0 Å². The third-order valence-corrected chi connectivity index (χ3v) is 6.10. The lowest BCUT2D eigenvalue weighted by Crippen LogP contribution is -2.27. The van der Waals surface area contributed by atoms with E-state index in [1.165, 1.54) is 40.6 Å². The standard InChI is InChI=1S/C16H16F2N4O5S2/c17-13(18)9-27-10-2-1-3-12(4-10)29(25,26)20-6-11-5-19-15(28-11)8-22-7-14(23)21-16(22)24/h1-5,13,20H,6-9H2,(H,21,23,24). The van der Waals surface area contributed by atoms with Crippen LogP contribution in [0.1, 0.15) is 9.88 Å². The molecule has 0 radical (unpaired) electrons. The minimum atomic E-state index is -3.91. The average molecular weight is 446 g/mol. The molecule has 13 heteroatoms. The normalized spacial score (nSPS) is 14.5. The van der Waals surface area contributed by atoms with Gasteiger partial charge in [0.1, 0.15) is 23.9 Å². The fourth-order valence-corrected chi connectivity index (χ4v) is 4.43. The summed E-state index contributed by atoms with van der Waals surface area (Å²) in [7, 11) is -3.91. The summed E-state index contributed by atoms with van der Waals surface area (Å²) in [4.78, 5) is 28.6. The van der Waals surface area contributed by atoms with Gasteiger partial charge in [-0.2, -0.15) is 0 Å². The molecule has 2 heterocycles. The third kappa shape index (κ3) is 5.68. The number of nitrogens with zero attached hydrogens (tertiary/aromatic N) is 2. The highest BCUT2D eigenvalue weighted by molar-refractivity contribution is 7.89. The number of amides is 3. The lowest BCUT2D eigenvalue weighted by Gasteiger charge is -2.10. The van der Waals surface area contributed by atoms with Crippen LogP contribution in [0.5, 0.6) is 5.75 Å². The van der Waals surface area contributed by atoms with Crippen molar-refractivity contribution in [2.24, 2.45) is 0 Å². The molecule has 2 aromatic rings. The van der Waals surface area contributed by atoms with Crippen molar-refractivity contribution >= 4 is 33.3 Å². The first kappa shape index (κ1) is 21.1. The molecule has 3 rings (SSSR count). The number of ether oxygens (including phenoxy) is 1. The fourth-order valence-electron chi connectivity index (χ4n) is 2.42. The summed E-state index contributed by atoms with van der Waals surface area (Å²) in [6.07, 6.45) is -1.20. The molecular weight excluding hydrogens is 430 g/mol. The van der Waals surface area contributed by atoms with Crippen molar-refractivity contribution < 1.29 is 31.5 Å². The Morgan fingerprint density at radius 3 is 2.83 bits per heavy atom. The number of carbonyl (C=O) groups excluding carboxylic acids is 2. The van der Waals surface area contributed by atoms with E-state index in [0.717, 1.165) is 6.07 Å². The zero-order valence-electron chi connectivity index (χ0n) is 14.8. The van der Waals surface area contributed by atoms with Gasteiger partial charge in [-0.25, -0.2) is 31.7 Å². The van der Waals surface area contributed by atoms with Crippen LogP contribution in [0.15, 0.2) is 35.4 Å². The van der Waals surface area contributed by atoms with Gasteiger partial charge in [0.05, 0.1) is 11.4 Å². The molecule has 1 saturated heterocycles. The second-order valence-electron chi connectivity index (χ2n) is 5.93. The Labute approximate surface area is 168 Å². The summed E-state index contributed by atoms with van der Waals surface area (Å²) in [5, 5.41) is 2.71. The number of hydrogen-bond donors (Lipinski definition) is 2. The minimum absolute atomic E-state index is 0.0201. The maximum absolute atomic E-state index is 12.4. The van der Waals surface area contributed by atoms with Crippen molar-refractivity contribution in [3.63, 3.8) is 0 Å².